The molecule has 0 spiro atoms. The zero-order valence-electron chi connectivity index (χ0n) is 14.1. The normalized spacial score (nSPS) is 12.2. The van der Waals surface area contributed by atoms with Crippen molar-refractivity contribution in [2.75, 3.05) is 6.54 Å². The zero-order valence-corrected chi connectivity index (χ0v) is 14.1. The number of esters is 1. The number of ether oxygens (including phenoxy) is 1. The second kappa shape index (κ2) is 7.67. The number of benzene rings is 2. The fourth-order valence-corrected chi connectivity index (χ4v) is 2.96. The van der Waals surface area contributed by atoms with Gasteiger partial charge in [0.2, 0.25) is 0 Å². The Morgan fingerprint density at radius 2 is 1.96 bits per heavy atom. The predicted molar refractivity (Wildman–Crippen MR) is 92.5 cm³/mol. The van der Waals surface area contributed by atoms with Gasteiger partial charge in [-0.25, -0.2) is 4.39 Å². The second-order valence-electron chi connectivity index (χ2n) is 6.08. The molecule has 0 radical (unpaired) electrons. The predicted octanol–water partition coefficient (Wildman–Crippen LogP) is 1.39. The van der Waals surface area contributed by atoms with Crippen LogP contribution in [0.3, 0.4) is 0 Å². The summed E-state index contributed by atoms with van der Waals surface area (Å²) in [5.41, 5.74) is 3.61. The molecule has 3 rings (SSSR count). The van der Waals surface area contributed by atoms with Crippen molar-refractivity contribution in [3.05, 3.63) is 64.5 Å². The number of hydrogen-bond donors (Lipinski definition) is 2. The molecule has 1 amide bonds. The van der Waals surface area contributed by atoms with Crippen molar-refractivity contribution in [1.29, 1.82) is 0 Å². The van der Waals surface area contributed by atoms with E-state index in [1.165, 1.54) is 24.3 Å². The maximum absolute atomic E-state index is 12.8. The van der Waals surface area contributed by atoms with Crippen LogP contribution in [0.1, 0.15) is 27.0 Å². The van der Waals surface area contributed by atoms with Crippen molar-refractivity contribution >= 4 is 24.3 Å². The third-order valence-corrected chi connectivity index (χ3v) is 4.41. The van der Waals surface area contributed by atoms with Gasteiger partial charge >= 0.3 is 12.9 Å². The van der Waals surface area contributed by atoms with Gasteiger partial charge in [-0.2, -0.15) is 0 Å². The molecule has 2 N–H and O–H groups in total. The Hall–Kier alpha value is -2.71. The smallest absolute Gasteiger partial charge is 0.377 e. The minimum Gasteiger partial charge on any atom is -0.460 e. The highest BCUT2D eigenvalue weighted by Gasteiger charge is 2.36. The third kappa shape index (κ3) is 3.76. The van der Waals surface area contributed by atoms with Gasteiger partial charge in [-0.05, 0) is 48.0 Å². The van der Waals surface area contributed by atoms with Crippen molar-refractivity contribution in [3.8, 4) is 0 Å². The highest BCUT2D eigenvalue weighted by molar-refractivity contribution is 6.72. The lowest BCUT2D eigenvalue weighted by Gasteiger charge is -2.27. The Morgan fingerprint density at radius 3 is 2.65 bits per heavy atom. The Labute approximate surface area is 150 Å². The quantitative estimate of drug-likeness (QED) is 0.353. The molecule has 0 bridgehead atoms. The number of carbonyl (C=O) groups excluding carboxylic acids is 2. The summed E-state index contributed by atoms with van der Waals surface area (Å²) in [7, 11) is 0. The van der Waals surface area contributed by atoms with E-state index in [0.29, 0.717) is 23.0 Å². The average molecular weight is 357 g/mol. The van der Waals surface area contributed by atoms with E-state index in [2.05, 4.69) is 10.1 Å². The molecule has 0 atom stereocenters. The second-order valence-corrected chi connectivity index (χ2v) is 6.08. The highest BCUT2D eigenvalue weighted by atomic mass is 19.1. The van der Waals surface area contributed by atoms with Crippen molar-refractivity contribution in [2.45, 2.75) is 19.9 Å². The zero-order chi connectivity index (χ0) is 18.7. The van der Waals surface area contributed by atoms with Crippen LogP contribution in [0.5, 0.6) is 0 Å². The van der Waals surface area contributed by atoms with E-state index in [-0.39, 0.29) is 19.0 Å². The van der Waals surface area contributed by atoms with Gasteiger partial charge in [-0.15, -0.1) is 0 Å². The van der Waals surface area contributed by atoms with Crippen molar-refractivity contribution in [3.63, 3.8) is 0 Å². The summed E-state index contributed by atoms with van der Waals surface area (Å²) in [6, 6.07) is 9.09. The number of rotatable bonds is 6. The monoisotopic (exact) mass is 357 g/mol. The molecule has 1 aliphatic rings. The van der Waals surface area contributed by atoms with Crippen LogP contribution in [0.25, 0.3) is 0 Å². The van der Waals surface area contributed by atoms with Gasteiger partial charge in [0.15, 0.2) is 0 Å². The van der Waals surface area contributed by atoms with Gasteiger partial charge in [0.05, 0.1) is 0 Å². The minimum absolute atomic E-state index is 0.00236. The molecule has 6 nitrogen and oxygen atoms in total. The van der Waals surface area contributed by atoms with Gasteiger partial charge in [-0.1, -0.05) is 23.8 Å². The van der Waals surface area contributed by atoms with E-state index in [0.717, 1.165) is 11.0 Å². The third-order valence-electron chi connectivity index (χ3n) is 4.41. The molecule has 0 aliphatic carbocycles. The summed E-state index contributed by atoms with van der Waals surface area (Å²) in [6.45, 7) is 1.07. The Morgan fingerprint density at radius 1 is 1.23 bits per heavy atom. The van der Waals surface area contributed by atoms with Gasteiger partial charge in [-0.3, -0.25) is 14.8 Å². The molecule has 26 heavy (non-hydrogen) atoms. The molecule has 2 aromatic rings. The lowest BCUT2D eigenvalue weighted by Crippen LogP contribution is -2.50. The molecule has 0 aromatic heterocycles. The first-order valence-electron chi connectivity index (χ1n) is 8.10. The van der Waals surface area contributed by atoms with Crippen LogP contribution in [-0.4, -0.2) is 30.6 Å². The first-order chi connectivity index (χ1) is 12.5. The summed E-state index contributed by atoms with van der Waals surface area (Å²) in [5.74, 6) is -1.37. The SMILES string of the molecule is Cc1c(C(=O)NCC(=O)OCc2ccc(F)cc2)ccc2c1B(OO)C2. The van der Waals surface area contributed by atoms with E-state index in [9.17, 15) is 14.0 Å². The van der Waals surface area contributed by atoms with E-state index in [1.54, 1.807) is 19.1 Å². The number of amides is 1. The topological polar surface area (TPSA) is 84.9 Å². The van der Waals surface area contributed by atoms with Crippen LogP contribution < -0.4 is 10.8 Å². The summed E-state index contributed by atoms with van der Waals surface area (Å²) >= 11 is 0. The van der Waals surface area contributed by atoms with Gasteiger partial charge < -0.3 is 14.9 Å². The van der Waals surface area contributed by atoms with Crippen LogP contribution >= 0.6 is 0 Å². The molecule has 0 unspecified atom stereocenters. The van der Waals surface area contributed by atoms with Gasteiger partial charge in [0, 0.05) is 5.56 Å². The maximum atomic E-state index is 12.8. The number of fused-ring (bicyclic) bond motifs is 1. The molecular formula is C18H17BFNO5. The Bertz CT molecular complexity index is 840. The maximum Gasteiger partial charge on any atom is 0.377 e. The van der Waals surface area contributed by atoms with E-state index in [4.69, 9.17) is 9.99 Å². The van der Waals surface area contributed by atoms with E-state index >= 15 is 0 Å². The minimum atomic E-state index is -0.596. The molecule has 0 saturated carbocycles. The fraction of sp³-hybridized carbons (Fsp3) is 0.222. The molecule has 1 aliphatic heterocycles. The lowest BCUT2D eigenvalue weighted by atomic mass is 9.44. The first-order valence-corrected chi connectivity index (χ1v) is 8.10. The molecular weight excluding hydrogens is 340 g/mol. The van der Waals surface area contributed by atoms with Crippen molar-refractivity contribution < 1.29 is 28.8 Å². The Balaban J connectivity index is 1.53. The Kier molecular flexibility index (Phi) is 5.34. The average Bonchev–Trinajstić information content (AvgIpc) is 2.60. The summed E-state index contributed by atoms with van der Waals surface area (Å²) in [6.07, 6.45) is 0.601. The molecule has 1 heterocycles. The molecule has 134 valence electrons. The summed E-state index contributed by atoms with van der Waals surface area (Å²) < 4.78 is 17.9. The van der Waals surface area contributed by atoms with E-state index < -0.39 is 18.8 Å². The number of carbonyl (C=O) groups is 2. The van der Waals surface area contributed by atoms with Gasteiger partial charge in [0.25, 0.3) is 5.91 Å². The standard InChI is InChI=1S/C18H17BFNO5/c1-11-15(7-4-13-8-19(26-24)17(11)13)18(23)21-9-16(22)25-10-12-2-5-14(20)6-3-12/h2-7,24H,8-10H2,1H3,(H,21,23). The van der Waals surface area contributed by atoms with Crippen molar-refractivity contribution in [1.82, 2.24) is 5.32 Å². The number of nitrogens with one attached hydrogen (secondary N) is 1. The highest BCUT2D eigenvalue weighted by Crippen LogP contribution is 2.19. The van der Waals surface area contributed by atoms with E-state index in [1.807, 2.05) is 0 Å². The van der Waals surface area contributed by atoms with Crippen LogP contribution in [0, 0.1) is 12.7 Å². The molecule has 0 fully saturated rings. The lowest BCUT2D eigenvalue weighted by molar-refractivity contribution is -0.143. The van der Waals surface area contributed by atoms with Crippen LogP contribution in [0.2, 0.25) is 0 Å². The van der Waals surface area contributed by atoms with Crippen LogP contribution in [0.4, 0.5) is 4.39 Å². The fourth-order valence-electron chi connectivity index (χ4n) is 2.96. The van der Waals surface area contributed by atoms with Gasteiger partial charge in [0.1, 0.15) is 19.0 Å². The largest absolute Gasteiger partial charge is 0.460 e. The molecule has 0 saturated heterocycles. The number of hydrogen-bond acceptors (Lipinski definition) is 5. The summed E-state index contributed by atoms with van der Waals surface area (Å²) in [5, 5.41) is 11.4. The van der Waals surface area contributed by atoms with Crippen LogP contribution in [-0.2, 0) is 27.3 Å². The molecule has 8 heteroatoms. The summed E-state index contributed by atoms with van der Waals surface area (Å²) in [4.78, 5) is 28.4. The number of halogens is 1. The molecule has 2 aromatic carbocycles. The first kappa shape index (κ1) is 18.1. The van der Waals surface area contributed by atoms with Crippen LogP contribution in [0.15, 0.2) is 36.4 Å². The van der Waals surface area contributed by atoms with Crippen molar-refractivity contribution in [2.24, 2.45) is 0 Å².